The van der Waals surface area contributed by atoms with Gasteiger partial charge in [-0.15, -0.1) is 0 Å². The lowest BCUT2D eigenvalue weighted by atomic mass is 9.81. The molecule has 1 fully saturated rings. The van der Waals surface area contributed by atoms with Gasteiger partial charge in [-0.3, -0.25) is 4.79 Å². The molecule has 3 aromatic rings. The number of hydrogen-bond acceptors (Lipinski definition) is 4. The molecule has 4 rings (SSSR count). The SMILES string of the molecule is NCC1CCC(C(=O)N[C@@H](Cc2ccccc2)c2ncc(-c3cccc(C(=O)O)c3)[nH]2)CC1. The van der Waals surface area contributed by atoms with Crippen LogP contribution in [0.3, 0.4) is 0 Å². The summed E-state index contributed by atoms with van der Waals surface area (Å²) in [7, 11) is 0. The Labute approximate surface area is 193 Å². The molecule has 0 saturated heterocycles. The molecule has 172 valence electrons. The highest BCUT2D eigenvalue weighted by Crippen LogP contribution is 2.29. The molecule has 1 heterocycles. The third kappa shape index (κ3) is 5.68. The van der Waals surface area contributed by atoms with Gasteiger partial charge >= 0.3 is 5.97 Å². The molecule has 33 heavy (non-hydrogen) atoms. The van der Waals surface area contributed by atoms with Gasteiger partial charge in [-0.05, 0) is 62.3 Å². The van der Waals surface area contributed by atoms with Crippen LogP contribution < -0.4 is 11.1 Å². The first-order valence-electron chi connectivity index (χ1n) is 11.5. The Bertz CT molecular complexity index is 1090. The van der Waals surface area contributed by atoms with Crippen LogP contribution in [-0.4, -0.2) is 33.5 Å². The monoisotopic (exact) mass is 446 g/mol. The molecule has 1 aliphatic carbocycles. The van der Waals surface area contributed by atoms with Crippen LogP contribution in [0.2, 0.25) is 0 Å². The number of amides is 1. The molecular formula is C26H30N4O3. The van der Waals surface area contributed by atoms with E-state index in [0.29, 0.717) is 30.4 Å². The summed E-state index contributed by atoms with van der Waals surface area (Å²) in [5, 5.41) is 12.5. The van der Waals surface area contributed by atoms with Gasteiger partial charge in [-0.25, -0.2) is 9.78 Å². The number of nitrogens with zero attached hydrogens (tertiary/aromatic N) is 1. The second kappa shape index (κ2) is 10.4. The van der Waals surface area contributed by atoms with Crippen LogP contribution >= 0.6 is 0 Å². The fourth-order valence-corrected chi connectivity index (χ4v) is 4.50. The summed E-state index contributed by atoms with van der Waals surface area (Å²) in [6, 6.07) is 16.4. The van der Waals surface area contributed by atoms with E-state index in [-0.39, 0.29) is 23.4 Å². The molecule has 0 aliphatic heterocycles. The maximum absolute atomic E-state index is 13.1. The van der Waals surface area contributed by atoms with Crippen LogP contribution in [0.25, 0.3) is 11.3 Å². The maximum Gasteiger partial charge on any atom is 0.335 e. The first kappa shape index (κ1) is 22.7. The molecule has 7 heteroatoms. The van der Waals surface area contributed by atoms with Crippen molar-refractivity contribution in [2.24, 2.45) is 17.6 Å². The first-order valence-corrected chi connectivity index (χ1v) is 11.5. The lowest BCUT2D eigenvalue weighted by Crippen LogP contribution is -2.37. The maximum atomic E-state index is 13.1. The Kier molecular flexibility index (Phi) is 7.19. The number of aromatic carboxylic acids is 1. The number of benzene rings is 2. The average molecular weight is 447 g/mol. The van der Waals surface area contributed by atoms with Crippen molar-refractivity contribution in [2.45, 2.75) is 38.1 Å². The number of carboxylic acids is 1. The van der Waals surface area contributed by atoms with Crippen LogP contribution in [0.5, 0.6) is 0 Å². The molecule has 1 aromatic heterocycles. The number of rotatable bonds is 8. The standard InChI is InChI=1S/C26H30N4O3/c27-15-18-9-11-19(12-10-18)25(31)30-22(13-17-5-2-1-3-6-17)24-28-16-23(29-24)20-7-4-8-21(14-20)26(32)33/h1-8,14,16,18-19,22H,9-13,15,27H2,(H,28,29)(H,30,31)(H,32,33)/t18?,19?,22-/m0/s1. The molecule has 0 spiro atoms. The highest BCUT2D eigenvalue weighted by Gasteiger charge is 2.28. The van der Waals surface area contributed by atoms with E-state index >= 15 is 0 Å². The zero-order chi connectivity index (χ0) is 23.2. The second-order valence-electron chi connectivity index (χ2n) is 8.77. The molecule has 0 unspecified atom stereocenters. The van der Waals surface area contributed by atoms with Crippen molar-refractivity contribution in [1.82, 2.24) is 15.3 Å². The zero-order valence-electron chi connectivity index (χ0n) is 18.5. The highest BCUT2D eigenvalue weighted by molar-refractivity contribution is 5.89. The topological polar surface area (TPSA) is 121 Å². The van der Waals surface area contributed by atoms with E-state index in [1.807, 2.05) is 36.4 Å². The van der Waals surface area contributed by atoms with Crippen LogP contribution in [0.4, 0.5) is 0 Å². The summed E-state index contributed by atoms with van der Waals surface area (Å²) in [5.41, 5.74) is 8.56. The van der Waals surface area contributed by atoms with Crippen LogP contribution in [0.15, 0.2) is 60.8 Å². The highest BCUT2D eigenvalue weighted by atomic mass is 16.4. The van der Waals surface area contributed by atoms with Crippen molar-refractivity contribution in [3.63, 3.8) is 0 Å². The number of hydrogen-bond donors (Lipinski definition) is 4. The molecular weight excluding hydrogens is 416 g/mol. The van der Waals surface area contributed by atoms with Gasteiger partial charge in [0.25, 0.3) is 0 Å². The molecule has 0 radical (unpaired) electrons. The van der Waals surface area contributed by atoms with E-state index in [1.165, 1.54) is 0 Å². The zero-order valence-corrected chi connectivity index (χ0v) is 18.5. The molecule has 7 nitrogen and oxygen atoms in total. The largest absolute Gasteiger partial charge is 0.478 e. The minimum atomic E-state index is -0.977. The number of imidazole rings is 1. The fourth-order valence-electron chi connectivity index (χ4n) is 4.50. The van der Waals surface area contributed by atoms with E-state index in [0.717, 1.165) is 36.8 Å². The predicted molar refractivity (Wildman–Crippen MR) is 127 cm³/mol. The lowest BCUT2D eigenvalue weighted by Gasteiger charge is -2.28. The Morgan fingerprint density at radius 2 is 1.85 bits per heavy atom. The van der Waals surface area contributed by atoms with Gasteiger partial charge in [-0.2, -0.15) is 0 Å². The Morgan fingerprint density at radius 1 is 1.09 bits per heavy atom. The minimum absolute atomic E-state index is 0.00671. The molecule has 1 saturated carbocycles. The summed E-state index contributed by atoms with van der Waals surface area (Å²) in [4.78, 5) is 32.3. The molecule has 0 bridgehead atoms. The van der Waals surface area contributed by atoms with E-state index < -0.39 is 5.97 Å². The van der Waals surface area contributed by atoms with Crippen molar-refractivity contribution >= 4 is 11.9 Å². The Balaban J connectivity index is 1.54. The second-order valence-corrected chi connectivity index (χ2v) is 8.77. The summed E-state index contributed by atoms with van der Waals surface area (Å²) in [5.74, 6) is 0.238. The molecule has 1 aliphatic rings. The quantitative estimate of drug-likeness (QED) is 0.418. The van der Waals surface area contributed by atoms with Gasteiger partial charge in [-0.1, -0.05) is 42.5 Å². The van der Waals surface area contributed by atoms with Gasteiger partial charge in [0.1, 0.15) is 5.82 Å². The Morgan fingerprint density at radius 3 is 2.55 bits per heavy atom. The van der Waals surface area contributed by atoms with E-state index in [2.05, 4.69) is 15.3 Å². The van der Waals surface area contributed by atoms with Crippen LogP contribution in [0, 0.1) is 11.8 Å². The van der Waals surface area contributed by atoms with E-state index in [1.54, 1.807) is 24.4 Å². The van der Waals surface area contributed by atoms with Crippen LogP contribution in [0.1, 0.15) is 53.5 Å². The van der Waals surface area contributed by atoms with Crippen LogP contribution in [-0.2, 0) is 11.2 Å². The number of nitrogens with one attached hydrogen (secondary N) is 2. The average Bonchev–Trinajstić information content (AvgIpc) is 3.35. The number of carboxylic acid groups (broad SMARTS) is 1. The van der Waals surface area contributed by atoms with Gasteiger partial charge in [0.15, 0.2) is 0 Å². The third-order valence-electron chi connectivity index (χ3n) is 6.50. The molecule has 1 atom stereocenters. The summed E-state index contributed by atoms with van der Waals surface area (Å²) in [6.07, 6.45) is 5.99. The van der Waals surface area contributed by atoms with Crippen molar-refractivity contribution in [3.05, 3.63) is 77.7 Å². The molecule has 2 aromatic carbocycles. The van der Waals surface area contributed by atoms with E-state index in [9.17, 15) is 14.7 Å². The number of aromatic nitrogens is 2. The van der Waals surface area contributed by atoms with Gasteiger partial charge in [0.2, 0.25) is 5.91 Å². The third-order valence-corrected chi connectivity index (χ3v) is 6.50. The van der Waals surface area contributed by atoms with Gasteiger partial charge in [0, 0.05) is 11.5 Å². The van der Waals surface area contributed by atoms with Gasteiger partial charge < -0.3 is 21.1 Å². The number of nitrogens with two attached hydrogens (primary N) is 1. The predicted octanol–water partition coefficient (Wildman–Crippen LogP) is 3.94. The summed E-state index contributed by atoms with van der Waals surface area (Å²) in [6.45, 7) is 0.684. The smallest absolute Gasteiger partial charge is 0.335 e. The van der Waals surface area contributed by atoms with Crippen molar-refractivity contribution < 1.29 is 14.7 Å². The number of aromatic amines is 1. The molecule has 1 amide bonds. The number of carbonyl (C=O) groups is 2. The number of carbonyl (C=O) groups excluding carboxylic acids is 1. The molecule has 5 N–H and O–H groups in total. The van der Waals surface area contributed by atoms with Crippen molar-refractivity contribution in [3.8, 4) is 11.3 Å². The number of H-pyrrole nitrogens is 1. The van der Waals surface area contributed by atoms with E-state index in [4.69, 9.17) is 5.73 Å². The van der Waals surface area contributed by atoms with Gasteiger partial charge in [0.05, 0.1) is 23.5 Å². The Hall–Kier alpha value is -3.45. The van der Waals surface area contributed by atoms with Crippen molar-refractivity contribution in [1.29, 1.82) is 0 Å². The normalized spacial score (nSPS) is 19.1. The fraction of sp³-hybridized carbons (Fsp3) is 0.346. The first-order chi connectivity index (χ1) is 16.0. The summed E-state index contributed by atoms with van der Waals surface area (Å²) >= 11 is 0. The lowest BCUT2D eigenvalue weighted by molar-refractivity contribution is -0.127. The minimum Gasteiger partial charge on any atom is -0.478 e. The summed E-state index contributed by atoms with van der Waals surface area (Å²) < 4.78 is 0. The van der Waals surface area contributed by atoms with Crippen molar-refractivity contribution in [2.75, 3.05) is 6.54 Å².